The molecule has 6 aromatic carbocycles. The second-order valence-electron chi connectivity index (χ2n) is 18.5. The molecule has 0 bridgehead atoms. The van der Waals surface area contributed by atoms with Crippen LogP contribution < -0.4 is 9.80 Å². The summed E-state index contributed by atoms with van der Waals surface area (Å²) in [6, 6.07) is 47.2. The zero-order valence-corrected chi connectivity index (χ0v) is 35.6. The molecule has 4 nitrogen and oxygen atoms in total. The molecular formula is C54H53N3O. The third-order valence-electron chi connectivity index (χ3n) is 11.7. The number of furan rings is 1. The van der Waals surface area contributed by atoms with E-state index in [9.17, 15) is 0 Å². The van der Waals surface area contributed by atoms with Crippen molar-refractivity contribution < 1.29 is 4.42 Å². The fraction of sp³-hybridized carbons (Fsp3) is 0.241. The predicted octanol–water partition coefficient (Wildman–Crippen LogP) is 15.3. The topological polar surface area (TPSA) is 32.5 Å². The van der Waals surface area contributed by atoms with E-state index in [0.29, 0.717) is 0 Å². The Morgan fingerprint density at radius 1 is 0.534 bits per heavy atom. The number of hydrogen-bond acceptors (Lipinski definition) is 4. The Morgan fingerprint density at radius 2 is 1.12 bits per heavy atom. The smallest absolute Gasteiger partial charge is 0.145 e. The molecule has 58 heavy (non-hydrogen) atoms. The van der Waals surface area contributed by atoms with Crippen LogP contribution in [0.4, 0.5) is 34.3 Å². The molecule has 0 atom stereocenters. The molecule has 0 N–H and O–H groups in total. The minimum atomic E-state index is 0.0508. The monoisotopic (exact) mass is 759 g/mol. The van der Waals surface area contributed by atoms with Gasteiger partial charge < -0.3 is 9.32 Å². The summed E-state index contributed by atoms with van der Waals surface area (Å²) in [6.45, 7) is 22.2. The molecule has 0 unspecified atom stereocenters. The second-order valence-corrected chi connectivity index (χ2v) is 18.5. The van der Waals surface area contributed by atoms with Crippen LogP contribution in [0.3, 0.4) is 0 Å². The van der Waals surface area contributed by atoms with Gasteiger partial charge in [-0.25, -0.2) is 4.98 Å². The highest BCUT2D eigenvalue weighted by atomic mass is 16.3. The van der Waals surface area contributed by atoms with E-state index in [1.807, 2.05) is 0 Å². The van der Waals surface area contributed by atoms with Gasteiger partial charge in [0, 0.05) is 39.4 Å². The Kier molecular flexibility index (Phi) is 8.89. The lowest BCUT2D eigenvalue weighted by Crippen LogP contribution is -2.14. The van der Waals surface area contributed by atoms with E-state index >= 15 is 0 Å². The van der Waals surface area contributed by atoms with Gasteiger partial charge in [-0.3, -0.25) is 4.90 Å². The van der Waals surface area contributed by atoms with E-state index in [1.54, 1.807) is 0 Å². The summed E-state index contributed by atoms with van der Waals surface area (Å²) in [7, 11) is 0. The summed E-state index contributed by atoms with van der Waals surface area (Å²) in [4.78, 5) is 9.83. The molecule has 2 heterocycles. The second kappa shape index (κ2) is 13.8. The fourth-order valence-electron chi connectivity index (χ4n) is 8.93. The summed E-state index contributed by atoms with van der Waals surface area (Å²) >= 11 is 0. The number of aromatic nitrogens is 1. The highest BCUT2D eigenvalue weighted by Gasteiger charge is 2.30. The van der Waals surface area contributed by atoms with E-state index in [4.69, 9.17) is 9.40 Å². The van der Waals surface area contributed by atoms with Gasteiger partial charge in [-0.1, -0.05) is 96.1 Å². The molecule has 290 valence electrons. The average molecular weight is 760 g/mol. The molecule has 0 radical (unpaired) electrons. The van der Waals surface area contributed by atoms with Gasteiger partial charge in [0.25, 0.3) is 0 Å². The van der Waals surface area contributed by atoms with Crippen molar-refractivity contribution in [2.45, 2.75) is 86.5 Å². The van der Waals surface area contributed by atoms with Crippen molar-refractivity contribution >= 4 is 56.2 Å². The van der Waals surface area contributed by atoms with Gasteiger partial charge in [0.15, 0.2) is 0 Å². The van der Waals surface area contributed by atoms with Crippen LogP contribution in [-0.4, -0.2) is 4.98 Å². The Labute approximate surface area is 343 Å². The number of nitrogens with zero attached hydrogens (tertiary/aromatic N) is 3. The van der Waals surface area contributed by atoms with Crippen LogP contribution in [-0.2, 0) is 17.3 Å². The summed E-state index contributed by atoms with van der Waals surface area (Å²) in [6.07, 6.45) is 0.791. The molecule has 8 aromatic rings. The van der Waals surface area contributed by atoms with Gasteiger partial charge in [-0.05, 0) is 162 Å². The molecular weight excluding hydrogens is 707 g/mol. The van der Waals surface area contributed by atoms with E-state index in [2.05, 4.69) is 206 Å². The normalized spacial score (nSPS) is 12.6. The van der Waals surface area contributed by atoms with Gasteiger partial charge in [-0.2, -0.15) is 0 Å². The van der Waals surface area contributed by atoms with Crippen LogP contribution in [0.2, 0.25) is 0 Å². The van der Waals surface area contributed by atoms with Crippen LogP contribution >= 0.6 is 0 Å². The first kappa shape index (κ1) is 37.4. The maximum Gasteiger partial charge on any atom is 0.145 e. The molecule has 0 saturated carbocycles. The zero-order chi connectivity index (χ0) is 40.7. The summed E-state index contributed by atoms with van der Waals surface area (Å²) in [5.41, 5.74) is 19.7. The minimum absolute atomic E-state index is 0.0508. The first-order chi connectivity index (χ1) is 27.6. The van der Waals surface area contributed by atoms with Crippen molar-refractivity contribution in [1.29, 1.82) is 0 Å². The standard InChI is InChI=1S/C54H53N3O/c1-33-25-34(2)28-44(27-33)56(41-19-15-39(16-20-41)53(5,6)7)47-32-38-30-37-31-43(23-24-45(37)50(38)52-51(47)46-13-11-12-14-48(46)58-52)57(49-29-35(3)26-36(4)55-49)42-21-17-40(18-22-42)54(8,9)10/h11-29,31-32H,30H2,1-10H3. The first-order valence-electron chi connectivity index (χ1n) is 20.6. The van der Waals surface area contributed by atoms with Gasteiger partial charge in [-0.15, -0.1) is 0 Å². The Balaban J connectivity index is 1.24. The molecule has 0 amide bonds. The molecule has 9 rings (SSSR count). The Morgan fingerprint density at radius 3 is 1.74 bits per heavy atom. The van der Waals surface area contributed by atoms with E-state index in [1.165, 1.54) is 50.1 Å². The number of pyridine rings is 1. The Hall–Kier alpha value is -6.13. The molecule has 0 spiro atoms. The number of aryl methyl sites for hydroxylation is 4. The molecule has 1 aliphatic rings. The molecule has 0 aliphatic heterocycles. The summed E-state index contributed by atoms with van der Waals surface area (Å²) in [5.74, 6) is 0.917. The van der Waals surface area contributed by atoms with E-state index < -0.39 is 0 Å². The Bertz CT molecular complexity index is 2820. The van der Waals surface area contributed by atoms with Crippen molar-refractivity contribution in [2.24, 2.45) is 0 Å². The number of benzene rings is 6. The molecule has 0 fully saturated rings. The highest BCUT2D eigenvalue weighted by Crippen LogP contribution is 2.52. The lowest BCUT2D eigenvalue weighted by molar-refractivity contribution is 0.590. The van der Waals surface area contributed by atoms with Crippen molar-refractivity contribution in [3.8, 4) is 11.1 Å². The van der Waals surface area contributed by atoms with Gasteiger partial charge in [0.2, 0.25) is 0 Å². The molecule has 0 saturated heterocycles. The summed E-state index contributed by atoms with van der Waals surface area (Å²) < 4.78 is 6.96. The number of hydrogen-bond donors (Lipinski definition) is 0. The molecule has 1 aliphatic carbocycles. The van der Waals surface area contributed by atoms with Crippen molar-refractivity contribution in [3.63, 3.8) is 0 Å². The first-order valence-corrected chi connectivity index (χ1v) is 20.6. The van der Waals surface area contributed by atoms with Crippen LogP contribution in [0, 0.1) is 27.7 Å². The van der Waals surface area contributed by atoms with E-state index in [-0.39, 0.29) is 10.8 Å². The lowest BCUT2D eigenvalue weighted by atomic mass is 9.87. The van der Waals surface area contributed by atoms with Crippen molar-refractivity contribution in [3.05, 3.63) is 172 Å². The molecule has 4 heteroatoms. The average Bonchev–Trinajstić information content (AvgIpc) is 3.72. The quantitative estimate of drug-likeness (QED) is 0.169. The summed E-state index contributed by atoms with van der Waals surface area (Å²) in [5, 5.41) is 2.25. The van der Waals surface area contributed by atoms with Crippen LogP contribution in [0.5, 0.6) is 0 Å². The molecule has 2 aromatic heterocycles. The van der Waals surface area contributed by atoms with Crippen LogP contribution in [0.25, 0.3) is 33.1 Å². The van der Waals surface area contributed by atoms with Gasteiger partial charge in [0.1, 0.15) is 17.0 Å². The number of anilines is 6. The van der Waals surface area contributed by atoms with Crippen molar-refractivity contribution in [2.75, 3.05) is 9.80 Å². The maximum absolute atomic E-state index is 6.96. The van der Waals surface area contributed by atoms with Gasteiger partial charge in [0.05, 0.1) is 11.1 Å². The van der Waals surface area contributed by atoms with Crippen LogP contribution in [0.15, 0.2) is 132 Å². The number of fused-ring (bicyclic) bond motifs is 7. The third-order valence-corrected chi connectivity index (χ3v) is 11.7. The van der Waals surface area contributed by atoms with Crippen molar-refractivity contribution in [1.82, 2.24) is 4.98 Å². The highest BCUT2D eigenvalue weighted by molar-refractivity contribution is 6.18. The van der Waals surface area contributed by atoms with E-state index in [0.717, 1.165) is 68.3 Å². The minimum Gasteiger partial charge on any atom is -0.455 e. The van der Waals surface area contributed by atoms with Crippen LogP contribution in [0.1, 0.15) is 86.2 Å². The predicted molar refractivity (Wildman–Crippen MR) is 245 cm³/mol. The lowest BCUT2D eigenvalue weighted by Gasteiger charge is -2.29. The largest absolute Gasteiger partial charge is 0.455 e. The number of rotatable bonds is 6. The maximum atomic E-state index is 6.96. The van der Waals surface area contributed by atoms with Gasteiger partial charge >= 0.3 is 0 Å². The zero-order valence-electron chi connectivity index (χ0n) is 35.6. The fourth-order valence-corrected chi connectivity index (χ4v) is 8.93. The third kappa shape index (κ3) is 6.65. The SMILES string of the molecule is Cc1cc(C)cc(N(c2ccc(C(C)(C)C)cc2)c2cc3c(c4oc5ccccc5c24)-c2ccc(N(c4ccc(C(C)(C)C)cc4)c4cc(C)cc(C)n4)cc2C3)c1. The number of para-hydroxylation sites is 1.